The third-order valence-electron chi connectivity index (χ3n) is 2.94. The van der Waals surface area contributed by atoms with E-state index in [1.807, 2.05) is 56.5 Å². The highest BCUT2D eigenvalue weighted by Crippen LogP contribution is 2.25. The van der Waals surface area contributed by atoms with Crippen molar-refractivity contribution in [3.8, 4) is 0 Å². The van der Waals surface area contributed by atoms with Crippen LogP contribution in [-0.2, 0) is 11.2 Å². The first-order chi connectivity index (χ1) is 8.97. The van der Waals surface area contributed by atoms with E-state index in [1.54, 1.807) is 0 Å². The molecule has 1 N–H and O–H groups in total. The van der Waals surface area contributed by atoms with Crippen LogP contribution in [0.15, 0.2) is 35.7 Å². The first kappa shape index (κ1) is 13.7. The van der Waals surface area contributed by atoms with Crippen LogP contribution in [0.4, 0.5) is 5.13 Å². The molecule has 0 bridgehead atoms. The topological polar surface area (TPSA) is 42.0 Å². The van der Waals surface area contributed by atoms with E-state index >= 15 is 0 Å². The Balaban J connectivity index is 2.04. The van der Waals surface area contributed by atoms with Gasteiger partial charge in [0, 0.05) is 10.8 Å². The number of nitrogens with zero attached hydrogens (tertiary/aromatic N) is 1. The Morgan fingerprint density at radius 1 is 1.32 bits per heavy atom. The molecule has 2 aromatic rings. The van der Waals surface area contributed by atoms with Crippen LogP contribution in [-0.4, -0.2) is 10.9 Å². The Morgan fingerprint density at radius 3 is 2.58 bits per heavy atom. The maximum absolute atomic E-state index is 12.3. The second-order valence-corrected chi connectivity index (χ2v) is 6.15. The maximum atomic E-state index is 12.3. The molecule has 0 fully saturated rings. The maximum Gasteiger partial charge on any atom is 0.232 e. The summed E-state index contributed by atoms with van der Waals surface area (Å²) in [6.07, 6.45) is 0.712. The fourth-order valence-corrected chi connectivity index (χ4v) is 2.55. The smallest absolute Gasteiger partial charge is 0.232 e. The Labute approximate surface area is 117 Å². The lowest BCUT2D eigenvalue weighted by atomic mass is 9.85. The van der Waals surface area contributed by atoms with Gasteiger partial charge in [-0.3, -0.25) is 4.79 Å². The molecule has 0 radical (unpaired) electrons. The number of hydrogen-bond acceptors (Lipinski definition) is 3. The summed E-state index contributed by atoms with van der Waals surface area (Å²) in [4.78, 5) is 16.6. The molecular weight excluding hydrogens is 256 g/mol. The van der Waals surface area contributed by atoms with Gasteiger partial charge in [0.1, 0.15) is 0 Å². The summed E-state index contributed by atoms with van der Waals surface area (Å²) in [6, 6.07) is 10.1. The highest BCUT2D eigenvalue weighted by molar-refractivity contribution is 7.13. The fourth-order valence-electron chi connectivity index (χ4n) is 1.86. The molecule has 0 saturated carbocycles. The van der Waals surface area contributed by atoms with Gasteiger partial charge < -0.3 is 5.32 Å². The van der Waals surface area contributed by atoms with Crippen molar-refractivity contribution in [2.45, 2.75) is 27.2 Å². The third kappa shape index (κ3) is 3.64. The number of aryl methyl sites for hydroxylation is 1. The summed E-state index contributed by atoms with van der Waals surface area (Å²) in [7, 11) is 0. The molecule has 1 aromatic heterocycles. The Hall–Kier alpha value is -1.68. The van der Waals surface area contributed by atoms with Gasteiger partial charge in [-0.2, -0.15) is 0 Å². The highest BCUT2D eigenvalue weighted by atomic mass is 32.1. The summed E-state index contributed by atoms with van der Waals surface area (Å²) >= 11 is 1.46. The highest BCUT2D eigenvalue weighted by Gasteiger charge is 2.28. The molecule has 0 unspecified atom stereocenters. The SMILES string of the molecule is Cc1csc(NC(=O)C(C)(C)Cc2ccccc2)n1. The zero-order valence-electron chi connectivity index (χ0n) is 11.4. The molecule has 1 heterocycles. The fraction of sp³-hybridized carbons (Fsp3) is 0.333. The van der Waals surface area contributed by atoms with Gasteiger partial charge in [0.15, 0.2) is 5.13 Å². The minimum atomic E-state index is -0.457. The molecule has 1 amide bonds. The normalized spacial score (nSPS) is 11.3. The van der Waals surface area contributed by atoms with Crippen LogP contribution < -0.4 is 5.32 Å². The summed E-state index contributed by atoms with van der Waals surface area (Å²) in [5, 5.41) is 5.49. The number of hydrogen-bond donors (Lipinski definition) is 1. The van der Waals surface area contributed by atoms with Crippen LogP contribution in [0.25, 0.3) is 0 Å². The molecule has 0 spiro atoms. The van der Waals surface area contributed by atoms with Crippen LogP contribution in [0.3, 0.4) is 0 Å². The predicted molar refractivity (Wildman–Crippen MR) is 79.4 cm³/mol. The zero-order valence-corrected chi connectivity index (χ0v) is 12.3. The van der Waals surface area contributed by atoms with Crippen LogP contribution in [0.2, 0.25) is 0 Å². The van der Waals surface area contributed by atoms with E-state index in [2.05, 4.69) is 10.3 Å². The molecule has 1 aromatic carbocycles. The number of amides is 1. The van der Waals surface area contributed by atoms with E-state index in [1.165, 1.54) is 11.3 Å². The third-order valence-corrected chi connectivity index (χ3v) is 3.82. The van der Waals surface area contributed by atoms with Crippen molar-refractivity contribution in [1.29, 1.82) is 0 Å². The molecule has 0 aliphatic rings. The van der Waals surface area contributed by atoms with Gasteiger partial charge in [-0.05, 0) is 18.9 Å². The zero-order chi connectivity index (χ0) is 13.9. The first-order valence-corrected chi connectivity index (χ1v) is 7.13. The summed E-state index contributed by atoms with van der Waals surface area (Å²) in [5.74, 6) is 0.00528. The van der Waals surface area contributed by atoms with Gasteiger partial charge in [-0.1, -0.05) is 44.2 Å². The minimum absolute atomic E-state index is 0.00528. The van der Waals surface area contributed by atoms with Crippen molar-refractivity contribution >= 4 is 22.4 Å². The van der Waals surface area contributed by atoms with Gasteiger partial charge in [0.25, 0.3) is 0 Å². The molecule has 0 aliphatic carbocycles. The van der Waals surface area contributed by atoms with Crippen LogP contribution in [0.5, 0.6) is 0 Å². The Kier molecular flexibility index (Phi) is 4.00. The number of carbonyl (C=O) groups is 1. The molecule has 0 saturated heterocycles. The van der Waals surface area contributed by atoms with Gasteiger partial charge in [-0.15, -0.1) is 11.3 Å². The van der Waals surface area contributed by atoms with Crippen LogP contribution in [0, 0.1) is 12.3 Å². The second kappa shape index (κ2) is 5.53. The molecule has 19 heavy (non-hydrogen) atoms. The van der Waals surface area contributed by atoms with Crippen LogP contribution >= 0.6 is 11.3 Å². The van der Waals surface area contributed by atoms with Gasteiger partial charge in [0.05, 0.1) is 5.69 Å². The summed E-state index contributed by atoms with van der Waals surface area (Å²) < 4.78 is 0. The van der Waals surface area contributed by atoms with Gasteiger partial charge in [-0.25, -0.2) is 4.98 Å². The number of rotatable bonds is 4. The first-order valence-electron chi connectivity index (χ1n) is 6.25. The quantitative estimate of drug-likeness (QED) is 0.924. The van der Waals surface area contributed by atoms with Crippen molar-refractivity contribution in [3.05, 3.63) is 47.0 Å². The van der Waals surface area contributed by atoms with E-state index < -0.39 is 5.41 Å². The molecule has 100 valence electrons. The average Bonchev–Trinajstić information content (AvgIpc) is 2.75. The number of anilines is 1. The average molecular weight is 274 g/mol. The lowest BCUT2D eigenvalue weighted by molar-refractivity contribution is -0.123. The van der Waals surface area contributed by atoms with E-state index in [4.69, 9.17) is 0 Å². The second-order valence-electron chi connectivity index (χ2n) is 5.29. The summed E-state index contributed by atoms with van der Waals surface area (Å²) in [6.45, 7) is 5.83. The molecule has 4 heteroatoms. The molecule has 0 atom stereocenters. The lowest BCUT2D eigenvalue weighted by Crippen LogP contribution is -2.32. The van der Waals surface area contributed by atoms with E-state index in [-0.39, 0.29) is 5.91 Å². The number of thiazole rings is 1. The van der Waals surface area contributed by atoms with Crippen molar-refractivity contribution in [1.82, 2.24) is 4.98 Å². The summed E-state index contributed by atoms with van der Waals surface area (Å²) in [5.41, 5.74) is 1.64. The molecule has 2 rings (SSSR count). The number of nitrogens with one attached hydrogen (secondary N) is 1. The van der Waals surface area contributed by atoms with Crippen molar-refractivity contribution in [2.75, 3.05) is 5.32 Å². The number of aromatic nitrogens is 1. The standard InChI is InChI=1S/C15H18N2OS/c1-11-10-19-14(16-11)17-13(18)15(2,3)9-12-7-5-4-6-8-12/h4-8,10H,9H2,1-3H3,(H,16,17,18). The molecular formula is C15H18N2OS. The van der Waals surface area contributed by atoms with Crippen molar-refractivity contribution < 1.29 is 4.79 Å². The van der Waals surface area contributed by atoms with E-state index in [0.29, 0.717) is 11.6 Å². The Bertz CT molecular complexity index is 561. The molecule has 3 nitrogen and oxygen atoms in total. The number of benzene rings is 1. The largest absolute Gasteiger partial charge is 0.301 e. The molecule has 0 aliphatic heterocycles. The monoisotopic (exact) mass is 274 g/mol. The van der Waals surface area contributed by atoms with Gasteiger partial charge in [0.2, 0.25) is 5.91 Å². The van der Waals surface area contributed by atoms with Gasteiger partial charge >= 0.3 is 0 Å². The predicted octanol–water partition coefficient (Wildman–Crippen LogP) is 3.66. The van der Waals surface area contributed by atoms with Crippen molar-refractivity contribution in [3.63, 3.8) is 0 Å². The van der Waals surface area contributed by atoms with Crippen molar-refractivity contribution in [2.24, 2.45) is 5.41 Å². The van der Waals surface area contributed by atoms with E-state index in [0.717, 1.165) is 11.3 Å². The van der Waals surface area contributed by atoms with E-state index in [9.17, 15) is 4.79 Å². The Morgan fingerprint density at radius 2 is 2.00 bits per heavy atom. The lowest BCUT2D eigenvalue weighted by Gasteiger charge is -2.22. The minimum Gasteiger partial charge on any atom is -0.301 e. The van der Waals surface area contributed by atoms with Crippen LogP contribution in [0.1, 0.15) is 25.1 Å². The number of carbonyl (C=O) groups excluding carboxylic acids is 1.